The van der Waals surface area contributed by atoms with Gasteiger partial charge in [-0.2, -0.15) is 0 Å². The van der Waals surface area contributed by atoms with Crippen molar-refractivity contribution in [1.82, 2.24) is 4.90 Å². The first-order valence-corrected chi connectivity index (χ1v) is 7.18. The molecule has 2 rings (SSSR count). The molecule has 0 aromatic heterocycles. The van der Waals surface area contributed by atoms with Gasteiger partial charge in [-0.3, -0.25) is 15.0 Å². The molecule has 4 heteroatoms. The second-order valence-electron chi connectivity index (χ2n) is 5.12. The van der Waals surface area contributed by atoms with Crippen LogP contribution in [0.1, 0.15) is 24.5 Å². The summed E-state index contributed by atoms with van der Waals surface area (Å²) in [5.41, 5.74) is 2.53. The molecule has 0 amide bonds. The highest BCUT2D eigenvalue weighted by Gasteiger charge is 2.08. The van der Waals surface area contributed by atoms with Crippen molar-refractivity contribution in [2.75, 3.05) is 6.54 Å². The molecule has 2 aromatic carbocycles. The molecule has 0 saturated carbocycles. The smallest absolute Gasteiger partial charge is 0.269 e. The zero-order chi connectivity index (χ0) is 15.1. The number of nitro groups is 1. The van der Waals surface area contributed by atoms with Crippen LogP contribution in [-0.4, -0.2) is 16.4 Å². The highest BCUT2D eigenvalue weighted by molar-refractivity contribution is 5.32. The molecule has 0 aliphatic carbocycles. The molecule has 0 spiro atoms. The van der Waals surface area contributed by atoms with Gasteiger partial charge in [-0.15, -0.1) is 0 Å². The predicted molar refractivity (Wildman–Crippen MR) is 83.9 cm³/mol. The molecular formula is C17H20N2O2. The third-order valence-electron chi connectivity index (χ3n) is 3.34. The van der Waals surface area contributed by atoms with Crippen LogP contribution in [0.3, 0.4) is 0 Å². The Morgan fingerprint density at radius 3 is 2.05 bits per heavy atom. The Morgan fingerprint density at radius 1 is 0.952 bits per heavy atom. The monoisotopic (exact) mass is 284 g/mol. The van der Waals surface area contributed by atoms with Crippen molar-refractivity contribution >= 4 is 5.69 Å². The predicted octanol–water partition coefficient (Wildman–Crippen LogP) is 4.01. The maximum absolute atomic E-state index is 10.7. The summed E-state index contributed by atoms with van der Waals surface area (Å²) in [7, 11) is 0. The number of hydrogen-bond acceptors (Lipinski definition) is 3. The summed E-state index contributed by atoms with van der Waals surface area (Å²) in [6.45, 7) is 4.87. The minimum Gasteiger partial charge on any atom is -0.295 e. The number of hydrogen-bond donors (Lipinski definition) is 0. The van der Waals surface area contributed by atoms with Gasteiger partial charge in [-0.1, -0.05) is 49.4 Å². The van der Waals surface area contributed by atoms with Crippen LogP contribution in [0.25, 0.3) is 0 Å². The van der Waals surface area contributed by atoms with Crippen LogP contribution in [0.4, 0.5) is 5.69 Å². The average Bonchev–Trinajstić information content (AvgIpc) is 2.49. The fourth-order valence-electron chi connectivity index (χ4n) is 2.35. The van der Waals surface area contributed by atoms with Crippen LogP contribution in [0.5, 0.6) is 0 Å². The van der Waals surface area contributed by atoms with Crippen molar-refractivity contribution in [1.29, 1.82) is 0 Å². The maximum Gasteiger partial charge on any atom is 0.269 e. The molecule has 0 fully saturated rings. The van der Waals surface area contributed by atoms with Gasteiger partial charge in [0.15, 0.2) is 0 Å². The Bertz CT molecular complexity index is 567. The van der Waals surface area contributed by atoms with Crippen LogP contribution in [0.15, 0.2) is 54.6 Å². The van der Waals surface area contributed by atoms with E-state index >= 15 is 0 Å². The van der Waals surface area contributed by atoms with Gasteiger partial charge in [0, 0.05) is 25.2 Å². The Kier molecular flexibility index (Phi) is 5.46. The van der Waals surface area contributed by atoms with E-state index in [0.717, 1.165) is 31.6 Å². The molecule has 0 saturated heterocycles. The number of nitrogens with zero attached hydrogens (tertiary/aromatic N) is 2. The van der Waals surface area contributed by atoms with E-state index < -0.39 is 0 Å². The molecule has 0 N–H and O–H groups in total. The van der Waals surface area contributed by atoms with Crippen molar-refractivity contribution in [3.05, 3.63) is 75.8 Å². The molecule has 4 nitrogen and oxygen atoms in total. The molecule has 0 bridgehead atoms. The molecule has 0 heterocycles. The van der Waals surface area contributed by atoms with Gasteiger partial charge >= 0.3 is 0 Å². The van der Waals surface area contributed by atoms with Crippen molar-refractivity contribution in [3.63, 3.8) is 0 Å². The van der Waals surface area contributed by atoms with Crippen LogP contribution >= 0.6 is 0 Å². The van der Waals surface area contributed by atoms with Gasteiger partial charge < -0.3 is 0 Å². The Morgan fingerprint density at radius 2 is 1.52 bits per heavy atom. The Hall–Kier alpha value is -2.20. The topological polar surface area (TPSA) is 46.4 Å². The van der Waals surface area contributed by atoms with E-state index in [4.69, 9.17) is 0 Å². The van der Waals surface area contributed by atoms with Crippen molar-refractivity contribution < 1.29 is 4.92 Å². The molecule has 0 atom stereocenters. The van der Waals surface area contributed by atoms with Gasteiger partial charge in [0.25, 0.3) is 5.69 Å². The first-order chi connectivity index (χ1) is 10.2. The van der Waals surface area contributed by atoms with Gasteiger partial charge in [0.05, 0.1) is 4.92 Å². The first-order valence-electron chi connectivity index (χ1n) is 7.18. The summed E-state index contributed by atoms with van der Waals surface area (Å²) < 4.78 is 0. The highest BCUT2D eigenvalue weighted by Crippen LogP contribution is 2.15. The molecule has 0 aliphatic rings. The Labute approximate surface area is 125 Å². The lowest BCUT2D eigenvalue weighted by molar-refractivity contribution is -0.384. The third-order valence-corrected chi connectivity index (χ3v) is 3.34. The summed E-state index contributed by atoms with van der Waals surface area (Å²) >= 11 is 0. The van der Waals surface area contributed by atoms with Crippen molar-refractivity contribution in [2.45, 2.75) is 26.4 Å². The second-order valence-corrected chi connectivity index (χ2v) is 5.12. The fourth-order valence-corrected chi connectivity index (χ4v) is 2.35. The largest absolute Gasteiger partial charge is 0.295 e. The fraction of sp³-hybridized carbons (Fsp3) is 0.294. The normalized spacial score (nSPS) is 10.8. The molecule has 0 unspecified atom stereocenters. The van der Waals surface area contributed by atoms with E-state index in [2.05, 4.69) is 24.0 Å². The van der Waals surface area contributed by atoms with E-state index in [9.17, 15) is 10.1 Å². The summed E-state index contributed by atoms with van der Waals surface area (Å²) in [6, 6.07) is 17.2. The summed E-state index contributed by atoms with van der Waals surface area (Å²) in [5.74, 6) is 0. The molecule has 110 valence electrons. The SMILES string of the molecule is CCCN(Cc1ccccc1)Cc1ccc([N+](=O)[O-])cc1. The van der Waals surface area contributed by atoms with E-state index in [1.54, 1.807) is 12.1 Å². The lowest BCUT2D eigenvalue weighted by Gasteiger charge is -2.21. The van der Waals surface area contributed by atoms with Crippen molar-refractivity contribution in [3.8, 4) is 0 Å². The molecule has 0 aliphatic heterocycles. The minimum atomic E-state index is -0.364. The van der Waals surface area contributed by atoms with Crippen LogP contribution in [-0.2, 0) is 13.1 Å². The number of benzene rings is 2. The lowest BCUT2D eigenvalue weighted by atomic mass is 10.1. The summed E-state index contributed by atoms with van der Waals surface area (Å²) in [5, 5.41) is 10.7. The number of rotatable bonds is 7. The van der Waals surface area contributed by atoms with Gasteiger partial charge in [0.1, 0.15) is 0 Å². The van der Waals surface area contributed by atoms with Crippen LogP contribution < -0.4 is 0 Å². The van der Waals surface area contributed by atoms with E-state index in [-0.39, 0.29) is 10.6 Å². The third kappa shape index (κ3) is 4.68. The van der Waals surface area contributed by atoms with Crippen molar-refractivity contribution in [2.24, 2.45) is 0 Å². The standard InChI is InChI=1S/C17H20N2O2/c1-2-12-18(13-15-6-4-3-5-7-15)14-16-8-10-17(11-9-16)19(20)21/h3-11H,2,12-14H2,1H3. The zero-order valence-corrected chi connectivity index (χ0v) is 12.2. The summed E-state index contributed by atoms with van der Waals surface area (Å²) in [6.07, 6.45) is 1.08. The molecular weight excluding hydrogens is 264 g/mol. The number of nitro benzene ring substituents is 1. The lowest BCUT2D eigenvalue weighted by Crippen LogP contribution is -2.23. The van der Waals surface area contributed by atoms with Crippen LogP contribution in [0, 0.1) is 10.1 Å². The van der Waals surface area contributed by atoms with Gasteiger partial charge in [0.2, 0.25) is 0 Å². The average molecular weight is 284 g/mol. The van der Waals surface area contributed by atoms with E-state index in [1.807, 2.05) is 30.3 Å². The molecule has 0 radical (unpaired) electrons. The second kappa shape index (κ2) is 7.55. The van der Waals surface area contributed by atoms with Gasteiger partial charge in [-0.05, 0) is 24.1 Å². The zero-order valence-electron chi connectivity index (χ0n) is 12.2. The van der Waals surface area contributed by atoms with E-state index in [0.29, 0.717) is 0 Å². The highest BCUT2D eigenvalue weighted by atomic mass is 16.6. The minimum absolute atomic E-state index is 0.142. The van der Waals surface area contributed by atoms with E-state index in [1.165, 1.54) is 5.56 Å². The number of non-ortho nitro benzene ring substituents is 1. The van der Waals surface area contributed by atoms with Crippen LogP contribution in [0.2, 0.25) is 0 Å². The molecule has 21 heavy (non-hydrogen) atoms. The quantitative estimate of drug-likeness (QED) is 0.570. The molecule has 2 aromatic rings. The first kappa shape index (κ1) is 15.2. The maximum atomic E-state index is 10.7. The van der Waals surface area contributed by atoms with Gasteiger partial charge in [-0.25, -0.2) is 0 Å². The Balaban J connectivity index is 2.03. The summed E-state index contributed by atoms with van der Waals surface area (Å²) in [4.78, 5) is 12.7.